The van der Waals surface area contributed by atoms with Crippen LogP contribution >= 0.6 is 0 Å². The first-order valence-corrected chi connectivity index (χ1v) is 5.56. The van der Waals surface area contributed by atoms with E-state index >= 15 is 0 Å². The molecule has 1 aromatic rings. The number of rotatable bonds is 3. The van der Waals surface area contributed by atoms with Gasteiger partial charge in [0.2, 0.25) is 0 Å². The number of benzene rings is 1. The molecular weight excluding hydrogens is 195 g/mol. The maximum absolute atomic E-state index is 5.48. The van der Waals surface area contributed by atoms with E-state index in [2.05, 4.69) is 18.0 Å². The minimum absolute atomic E-state index is 0.465. The first-order valence-electron chi connectivity index (χ1n) is 5.56. The van der Waals surface area contributed by atoms with E-state index < -0.39 is 0 Å². The van der Waals surface area contributed by atoms with Gasteiger partial charge >= 0.3 is 0 Å². The normalized spacial score (nSPS) is 11.1. The Bertz CT molecular complexity index is 357. The van der Waals surface area contributed by atoms with Crippen LogP contribution in [0.4, 0.5) is 5.69 Å². The Morgan fingerprint density at radius 2 is 2.12 bits per heavy atom. The van der Waals surface area contributed by atoms with Crippen molar-refractivity contribution >= 4 is 19.7 Å². The van der Waals surface area contributed by atoms with Crippen molar-refractivity contribution in [2.45, 2.75) is 27.2 Å². The molecule has 0 saturated heterocycles. The number of hydrogen-bond acceptors (Lipinski definition) is 2. The second kappa shape index (κ2) is 8.78. The molecule has 0 saturated carbocycles. The Labute approximate surface area is 99.7 Å². The van der Waals surface area contributed by atoms with Gasteiger partial charge in [-0.05, 0) is 30.3 Å². The van der Waals surface area contributed by atoms with Crippen LogP contribution in [0.15, 0.2) is 40.9 Å². The van der Waals surface area contributed by atoms with Crippen molar-refractivity contribution in [3.8, 4) is 0 Å². The van der Waals surface area contributed by atoms with Gasteiger partial charge in [0.15, 0.2) is 0 Å². The van der Waals surface area contributed by atoms with Crippen LogP contribution in [-0.2, 0) is 6.42 Å². The van der Waals surface area contributed by atoms with Crippen LogP contribution < -0.4 is 5.73 Å². The van der Waals surface area contributed by atoms with E-state index in [1.807, 2.05) is 32.0 Å². The van der Waals surface area contributed by atoms with E-state index in [1.165, 1.54) is 11.8 Å². The molecule has 0 aliphatic heterocycles. The van der Waals surface area contributed by atoms with Crippen molar-refractivity contribution in [3.05, 3.63) is 41.5 Å². The predicted octanol–water partition coefficient (Wildman–Crippen LogP) is 2.95. The van der Waals surface area contributed by atoms with Crippen molar-refractivity contribution in [1.29, 1.82) is 0 Å². The highest BCUT2D eigenvalue weighted by Gasteiger charge is 1.90. The second-order valence-electron chi connectivity index (χ2n) is 2.95. The van der Waals surface area contributed by atoms with E-state index in [0.29, 0.717) is 5.47 Å². The highest BCUT2D eigenvalue weighted by atomic mass is 14.7. The minimum Gasteiger partial charge on any atom is -0.405 e. The van der Waals surface area contributed by atoms with E-state index in [1.54, 1.807) is 6.21 Å². The number of nitrogens with two attached hydrogens (primary N) is 1. The summed E-state index contributed by atoms with van der Waals surface area (Å²) in [5, 5.41) is 0. The highest BCUT2D eigenvalue weighted by Crippen LogP contribution is 2.13. The Morgan fingerprint density at radius 3 is 2.69 bits per heavy atom. The van der Waals surface area contributed by atoms with Crippen molar-refractivity contribution < 1.29 is 0 Å². The Hall–Kier alpha value is -1.51. The third kappa shape index (κ3) is 5.39. The van der Waals surface area contributed by atoms with Gasteiger partial charge in [0, 0.05) is 6.21 Å². The van der Waals surface area contributed by atoms with Crippen LogP contribution in [0.25, 0.3) is 0 Å². The topological polar surface area (TPSA) is 38.4 Å². The molecule has 0 amide bonds. The van der Waals surface area contributed by atoms with Gasteiger partial charge in [-0.1, -0.05) is 38.4 Å². The highest BCUT2D eigenvalue weighted by molar-refractivity contribution is 6.32. The molecule has 0 aromatic heterocycles. The van der Waals surface area contributed by atoms with Crippen molar-refractivity contribution in [2.24, 2.45) is 10.7 Å². The zero-order chi connectivity index (χ0) is 12.4. The molecule has 2 N–H and O–H groups in total. The van der Waals surface area contributed by atoms with E-state index in [9.17, 15) is 0 Å². The largest absolute Gasteiger partial charge is 0.405 e. The molecular formula is C13H19BN2. The molecule has 1 rings (SSSR count). The number of aryl methyl sites for hydroxylation is 1. The molecule has 0 bridgehead atoms. The maximum atomic E-state index is 5.48. The number of allylic oxidation sites excluding steroid dienone is 1. The molecule has 0 aliphatic rings. The SMILES string of the molecule is CC.[B]/C(C=Nc1cccc(CC)c1)=C/N. The summed E-state index contributed by atoms with van der Waals surface area (Å²) in [4.78, 5) is 4.19. The lowest BCUT2D eigenvalue weighted by Crippen LogP contribution is -1.89. The van der Waals surface area contributed by atoms with E-state index in [0.717, 1.165) is 12.1 Å². The first-order chi connectivity index (χ1) is 7.76. The number of aliphatic imine (C=N–C) groups is 1. The average Bonchev–Trinajstić information content (AvgIpc) is 2.38. The van der Waals surface area contributed by atoms with Gasteiger partial charge in [-0.15, -0.1) is 0 Å². The van der Waals surface area contributed by atoms with Gasteiger partial charge in [-0.2, -0.15) is 0 Å². The number of nitrogens with zero attached hydrogens (tertiary/aromatic N) is 1. The third-order valence-electron chi connectivity index (χ3n) is 1.87. The minimum atomic E-state index is 0.465. The van der Waals surface area contributed by atoms with Crippen LogP contribution in [0.3, 0.4) is 0 Å². The van der Waals surface area contributed by atoms with Crippen LogP contribution in [0.1, 0.15) is 26.3 Å². The van der Waals surface area contributed by atoms with E-state index in [4.69, 9.17) is 13.6 Å². The molecule has 0 aliphatic carbocycles. The van der Waals surface area contributed by atoms with Crippen molar-refractivity contribution in [3.63, 3.8) is 0 Å². The molecule has 2 radical (unpaired) electrons. The molecule has 1 aromatic carbocycles. The van der Waals surface area contributed by atoms with E-state index in [-0.39, 0.29) is 0 Å². The Morgan fingerprint density at radius 1 is 1.44 bits per heavy atom. The lowest BCUT2D eigenvalue weighted by molar-refractivity contribution is 1.14. The summed E-state index contributed by atoms with van der Waals surface area (Å²) in [5.74, 6) is 0. The third-order valence-corrected chi connectivity index (χ3v) is 1.87. The lowest BCUT2D eigenvalue weighted by Gasteiger charge is -1.97. The Balaban J connectivity index is 0.00000106. The van der Waals surface area contributed by atoms with Gasteiger partial charge < -0.3 is 5.73 Å². The molecule has 0 atom stereocenters. The fourth-order valence-corrected chi connectivity index (χ4v) is 1.05. The fraction of sp³-hybridized carbons (Fsp3) is 0.308. The van der Waals surface area contributed by atoms with Gasteiger partial charge in [0.05, 0.1) is 5.69 Å². The van der Waals surface area contributed by atoms with Gasteiger partial charge in [0.1, 0.15) is 7.85 Å². The molecule has 0 fully saturated rings. The fourth-order valence-electron chi connectivity index (χ4n) is 1.05. The molecule has 2 nitrogen and oxygen atoms in total. The molecule has 0 spiro atoms. The Kier molecular flexibility index (Phi) is 7.95. The molecule has 84 valence electrons. The summed E-state index contributed by atoms with van der Waals surface area (Å²) in [6.07, 6.45) is 3.88. The summed E-state index contributed by atoms with van der Waals surface area (Å²) in [6.45, 7) is 6.11. The van der Waals surface area contributed by atoms with Crippen LogP contribution in [-0.4, -0.2) is 14.1 Å². The monoisotopic (exact) mass is 214 g/mol. The van der Waals surface area contributed by atoms with Crippen molar-refractivity contribution in [1.82, 2.24) is 0 Å². The number of hydrogen-bond donors (Lipinski definition) is 1. The van der Waals surface area contributed by atoms with Gasteiger partial charge in [-0.25, -0.2) is 0 Å². The summed E-state index contributed by atoms with van der Waals surface area (Å²) in [6, 6.07) is 8.01. The first kappa shape index (κ1) is 14.5. The van der Waals surface area contributed by atoms with Crippen molar-refractivity contribution in [2.75, 3.05) is 0 Å². The van der Waals surface area contributed by atoms with Gasteiger partial charge in [0.25, 0.3) is 0 Å². The van der Waals surface area contributed by atoms with Crippen LogP contribution in [0.5, 0.6) is 0 Å². The molecule has 16 heavy (non-hydrogen) atoms. The van der Waals surface area contributed by atoms with Gasteiger partial charge in [-0.3, -0.25) is 4.99 Å². The summed E-state index contributed by atoms with van der Waals surface area (Å²) in [5.41, 5.74) is 7.84. The standard InChI is InChI=1S/C11H13BN2.C2H6/c1-2-9-4-3-5-11(6-9)14-8-10(12)7-13;1-2/h3-8H,2,13H2,1H3;1-2H3/b10-7+,14-8?;. The van der Waals surface area contributed by atoms with Crippen LogP contribution in [0, 0.1) is 0 Å². The van der Waals surface area contributed by atoms with Crippen LogP contribution in [0.2, 0.25) is 0 Å². The quantitative estimate of drug-likeness (QED) is 0.609. The summed E-state index contributed by atoms with van der Waals surface area (Å²) in [7, 11) is 5.48. The molecule has 3 heteroatoms. The maximum Gasteiger partial charge on any atom is 0.117 e. The summed E-state index contributed by atoms with van der Waals surface area (Å²) >= 11 is 0. The molecule has 0 heterocycles. The summed E-state index contributed by atoms with van der Waals surface area (Å²) < 4.78 is 0. The average molecular weight is 214 g/mol. The second-order valence-corrected chi connectivity index (χ2v) is 2.95. The lowest BCUT2D eigenvalue weighted by atomic mass is 9.99. The smallest absolute Gasteiger partial charge is 0.117 e. The zero-order valence-electron chi connectivity index (χ0n) is 10.3. The zero-order valence-corrected chi connectivity index (χ0v) is 10.3. The predicted molar refractivity (Wildman–Crippen MR) is 73.3 cm³/mol. The molecule has 0 unspecified atom stereocenters.